The van der Waals surface area contributed by atoms with E-state index in [9.17, 15) is 5.11 Å². The molecule has 0 heterocycles. The van der Waals surface area contributed by atoms with Gasteiger partial charge in [0.15, 0.2) is 11.5 Å². The standard InChI is InChI=1S/C8H11NO3/c1-2-9-5-3-4-6(10)8(12)7(5)11/h3-4,9-12H,2H2,1H3. The third kappa shape index (κ3) is 1.37. The van der Waals surface area contributed by atoms with Gasteiger partial charge in [-0.1, -0.05) is 0 Å². The van der Waals surface area contributed by atoms with Gasteiger partial charge in [0.25, 0.3) is 0 Å². The lowest BCUT2D eigenvalue weighted by Crippen LogP contribution is -1.96. The lowest BCUT2D eigenvalue weighted by atomic mass is 10.2. The maximum Gasteiger partial charge on any atom is 0.202 e. The van der Waals surface area contributed by atoms with Crippen molar-refractivity contribution in [1.82, 2.24) is 0 Å². The summed E-state index contributed by atoms with van der Waals surface area (Å²) in [6.07, 6.45) is 0. The van der Waals surface area contributed by atoms with Gasteiger partial charge in [-0.05, 0) is 19.1 Å². The summed E-state index contributed by atoms with van der Waals surface area (Å²) in [6.45, 7) is 2.50. The van der Waals surface area contributed by atoms with Crippen LogP contribution in [0.1, 0.15) is 6.92 Å². The molecule has 0 saturated heterocycles. The Balaban J connectivity index is 3.08. The summed E-state index contributed by atoms with van der Waals surface area (Å²) < 4.78 is 0. The first-order valence-electron chi connectivity index (χ1n) is 3.64. The molecule has 1 aromatic carbocycles. The molecule has 1 aromatic rings. The van der Waals surface area contributed by atoms with Gasteiger partial charge >= 0.3 is 0 Å². The second-order valence-corrected chi connectivity index (χ2v) is 2.36. The SMILES string of the molecule is CCNc1ccc(O)c(O)c1O. The van der Waals surface area contributed by atoms with Crippen LogP contribution in [0, 0.1) is 0 Å². The zero-order valence-corrected chi connectivity index (χ0v) is 6.70. The first kappa shape index (κ1) is 8.52. The number of phenolic OH excluding ortho intramolecular Hbond substituents is 3. The maximum atomic E-state index is 9.24. The minimum atomic E-state index is -0.492. The molecule has 4 N–H and O–H groups in total. The Kier molecular flexibility index (Phi) is 2.28. The minimum absolute atomic E-state index is 0.322. The molecule has 0 fully saturated rings. The Hall–Kier alpha value is -1.58. The van der Waals surface area contributed by atoms with Crippen molar-refractivity contribution < 1.29 is 15.3 Å². The Morgan fingerprint density at radius 1 is 1.17 bits per heavy atom. The third-order valence-corrected chi connectivity index (χ3v) is 1.50. The minimum Gasteiger partial charge on any atom is -0.504 e. The predicted octanol–water partition coefficient (Wildman–Crippen LogP) is 1.24. The molecule has 0 radical (unpaired) electrons. The van der Waals surface area contributed by atoms with Crippen molar-refractivity contribution in [3.8, 4) is 17.2 Å². The summed E-state index contributed by atoms with van der Waals surface area (Å²) in [5.74, 6) is -1.14. The van der Waals surface area contributed by atoms with Gasteiger partial charge < -0.3 is 20.6 Å². The third-order valence-electron chi connectivity index (χ3n) is 1.50. The summed E-state index contributed by atoms with van der Waals surface area (Å²) in [7, 11) is 0. The first-order valence-corrected chi connectivity index (χ1v) is 3.64. The van der Waals surface area contributed by atoms with Gasteiger partial charge in [0.2, 0.25) is 5.75 Å². The summed E-state index contributed by atoms with van der Waals surface area (Å²) in [5.41, 5.74) is 0.410. The summed E-state index contributed by atoms with van der Waals surface area (Å²) in [5, 5.41) is 30.1. The molecular formula is C8H11NO3. The average molecular weight is 169 g/mol. The van der Waals surface area contributed by atoms with Crippen molar-refractivity contribution in [2.24, 2.45) is 0 Å². The number of rotatable bonds is 2. The molecule has 4 nitrogen and oxygen atoms in total. The second-order valence-electron chi connectivity index (χ2n) is 2.36. The molecule has 0 atom stereocenters. The van der Waals surface area contributed by atoms with E-state index in [1.165, 1.54) is 12.1 Å². The van der Waals surface area contributed by atoms with Crippen LogP contribution in [0.5, 0.6) is 17.2 Å². The van der Waals surface area contributed by atoms with Gasteiger partial charge in [-0.25, -0.2) is 0 Å². The van der Waals surface area contributed by atoms with Crippen LogP contribution in [0.3, 0.4) is 0 Å². The van der Waals surface area contributed by atoms with E-state index in [0.29, 0.717) is 12.2 Å². The quantitative estimate of drug-likeness (QED) is 0.397. The van der Waals surface area contributed by atoms with E-state index >= 15 is 0 Å². The highest BCUT2D eigenvalue weighted by atomic mass is 16.3. The number of phenols is 3. The van der Waals surface area contributed by atoms with Crippen LogP contribution in [-0.2, 0) is 0 Å². The Bertz CT molecular complexity index is 286. The van der Waals surface area contributed by atoms with Crippen LogP contribution in [0.2, 0.25) is 0 Å². The van der Waals surface area contributed by atoms with Crippen molar-refractivity contribution in [3.05, 3.63) is 12.1 Å². The van der Waals surface area contributed by atoms with Crippen molar-refractivity contribution in [3.63, 3.8) is 0 Å². The summed E-state index contributed by atoms with van der Waals surface area (Å²) in [6, 6.07) is 2.81. The van der Waals surface area contributed by atoms with Gasteiger partial charge in [0, 0.05) is 6.54 Å². The zero-order valence-electron chi connectivity index (χ0n) is 6.70. The highest BCUT2D eigenvalue weighted by molar-refractivity contribution is 5.66. The Morgan fingerprint density at radius 2 is 1.83 bits per heavy atom. The molecule has 12 heavy (non-hydrogen) atoms. The van der Waals surface area contributed by atoms with Crippen LogP contribution in [0.15, 0.2) is 12.1 Å². The molecule has 66 valence electrons. The molecule has 0 spiro atoms. The molecule has 0 aliphatic rings. The van der Waals surface area contributed by atoms with E-state index in [1.807, 2.05) is 6.92 Å². The fraction of sp³-hybridized carbons (Fsp3) is 0.250. The maximum absolute atomic E-state index is 9.24. The predicted molar refractivity (Wildman–Crippen MR) is 45.6 cm³/mol. The average Bonchev–Trinajstić information content (AvgIpc) is 2.07. The van der Waals surface area contributed by atoms with Gasteiger partial charge in [-0.3, -0.25) is 0 Å². The first-order chi connectivity index (χ1) is 5.66. The molecule has 0 bridgehead atoms. The van der Waals surface area contributed by atoms with Crippen LogP contribution in [0.4, 0.5) is 5.69 Å². The zero-order chi connectivity index (χ0) is 9.14. The molecule has 0 amide bonds. The number of benzene rings is 1. The van der Waals surface area contributed by atoms with E-state index in [0.717, 1.165) is 0 Å². The van der Waals surface area contributed by atoms with E-state index in [-0.39, 0.29) is 11.5 Å². The van der Waals surface area contributed by atoms with E-state index in [1.54, 1.807) is 0 Å². The van der Waals surface area contributed by atoms with Gasteiger partial charge in [0.1, 0.15) is 0 Å². The summed E-state index contributed by atoms with van der Waals surface area (Å²) >= 11 is 0. The Labute approximate surface area is 70.1 Å². The number of hydrogen-bond donors (Lipinski definition) is 4. The highest BCUT2D eigenvalue weighted by Crippen LogP contribution is 2.39. The lowest BCUT2D eigenvalue weighted by Gasteiger charge is -2.07. The summed E-state index contributed by atoms with van der Waals surface area (Å²) in [4.78, 5) is 0. The topological polar surface area (TPSA) is 72.7 Å². The van der Waals surface area contributed by atoms with Gasteiger partial charge in [-0.15, -0.1) is 0 Å². The van der Waals surface area contributed by atoms with Crippen molar-refractivity contribution >= 4 is 5.69 Å². The number of aromatic hydroxyl groups is 3. The fourth-order valence-corrected chi connectivity index (χ4v) is 0.902. The normalized spacial score (nSPS) is 9.75. The van der Waals surface area contributed by atoms with Crippen LogP contribution >= 0.6 is 0 Å². The monoisotopic (exact) mass is 169 g/mol. The van der Waals surface area contributed by atoms with Crippen molar-refractivity contribution in [2.45, 2.75) is 6.92 Å². The van der Waals surface area contributed by atoms with Crippen molar-refractivity contribution in [2.75, 3.05) is 11.9 Å². The smallest absolute Gasteiger partial charge is 0.202 e. The van der Waals surface area contributed by atoms with Crippen LogP contribution in [0.25, 0.3) is 0 Å². The molecule has 0 saturated carbocycles. The second kappa shape index (κ2) is 3.21. The molecule has 0 aliphatic heterocycles. The fourth-order valence-electron chi connectivity index (χ4n) is 0.902. The van der Waals surface area contributed by atoms with E-state index in [2.05, 4.69) is 5.32 Å². The molecular weight excluding hydrogens is 158 g/mol. The largest absolute Gasteiger partial charge is 0.504 e. The van der Waals surface area contributed by atoms with Crippen LogP contribution < -0.4 is 5.32 Å². The van der Waals surface area contributed by atoms with Gasteiger partial charge in [-0.2, -0.15) is 0 Å². The number of hydrogen-bond acceptors (Lipinski definition) is 4. The molecule has 4 heteroatoms. The van der Waals surface area contributed by atoms with Crippen molar-refractivity contribution in [1.29, 1.82) is 0 Å². The van der Waals surface area contributed by atoms with Crippen LogP contribution in [-0.4, -0.2) is 21.9 Å². The van der Waals surface area contributed by atoms with E-state index in [4.69, 9.17) is 10.2 Å². The molecule has 0 aliphatic carbocycles. The molecule has 0 unspecified atom stereocenters. The number of nitrogens with one attached hydrogen (secondary N) is 1. The van der Waals surface area contributed by atoms with E-state index < -0.39 is 5.75 Å². The van der Waals surface area contributed by atoms with Gasteiger partial charge in [0.05, 0.1) is 5.69 Å². The lowest BCUT2D eigenvalue weighted by molar-refractivity contribution is 0.369. The molecule has 1 rings (SSSR count). The Morgan fingerprint density at radius 3 is 2.42 bits per heavy atom. The molecule has 0 aromatic heterocycles. The number of anilines is 1. The highest BCUT2D eigenvalue weighted by Gasteiger charge is 2.09.